The molecule has 3 N–H and O–H groups in total. The Morgan fingerprint density at radius 1 is 1.35 bits per heavy atom. The average Bonchev–Trinajstić information content (AvgIpc) is 2.76. The molecule has 88 valence electrons. The molecule has 0 aliphatic rings. The van der Waals surface area contributed by atoms with Crippen molar-refractivity contribution in [2.75, 3.05) is 10.6 Å². The molecule has 2 aromatic rings. The number of hydrogen-bond donors (Lipinski definition) is 3. The molecule has 0 aliphatic carbocycles. The van der Waals surface area contributed by atoms with E-state index in [0.717, 1.165) is 0 Å². The van der Waals surface area contributed by atoms with Gasteiger partial charge in [-0.3, -0.25) is 5.32 Å². The second-order valence-electron chi connectivity index (χ2n) is 3.47. The maximum atomic E-state index is 11.5. The summed E-state index contributed by atoms with van der Waals surface area (Å²) in [7, 11) is 0. The zero-order valence-electron chi connectivity index (χ0n) is 9.10. The normalized spacial score (nSPS) is 9.94. The highest BCUT2D eigenvalue weighted by molar-refractivity contribution is 5.99. The Labute approximate surface area is 97.2 Å². The van der Waals surface area contributed by atoms with Crippen LogP contribution in [0.25, 0.3) is 0 Å². The van der Waals surface area contributed by atoms with Crippen molar-refractivity contribution < 1.29 is 14.4 Å². The summed E-state index contributed by atoms with van der Waals surface area (Å²) in [6.45, 7) is 1.75. The number of nitrogens with zero attached hydrogens (tertiary/aromatic N) is 1. The Morgan fingerprint density at radius 3 is 2.82 bits per heavy atom. The van der Waals surface area contributed by atoms with Gasteiger partial charge in [0.25, 0.3) is 0 Å². The van der Waals surface area contributed by atoms with Crippen molar-refractivity contribution in [1.82, 2.24) is 5.16 Å². The Balaban J connectivity index is 2.00. The van der Waals surface area contributed by atoms with Gasteiger partial charge < -0.3 is 14.9 Å². The minimum Gasteiger partial charge on any atom is -0.508 e. The fourth-order valence-electron chi connectivity index (χ4n) is 1.29. The minimum absolute atomic E-state index is 0.187. The van der Waals surface area contributed by atoms with Crippen LogP contribution in [0.1, 0.15) is 5.56 Å². The number of nitrogens with one attached hydrogen (secondary N) is 2. The highest BCUT2D eigenvalue weighted by atomic mass is 16.5. The fourth-order valence-corrected chi connectivity index (χ4v) is 1.29. The summed E-state index contributed by atoms with van der Waals surface area (Å²) in [6.07, 6.45) is 1.36. The van der Waals surface area contributed by atoms with Gasteiger partial charge in [-0.05, 0) is 30.7 Å². The summed E-state index contributed by atoms with van der Waals surface area (Å²) in [5.41, 5.74) is 1.27. The summed E-state index contributed by atoms with van der Waals surface area (Å²) in [5.74, 6) is 0.519. The molecule has 6 nitrogen and oxygen atoms in total. The van der Waals surface area contributed by atoms with Gasteiger partial charge in [-0.2, -0.15) is 0 Å². The SMILES string of the molecule is Cc1cc(NC(=O)Nc2ccon2)ccc1O. The van der Waals surface area contributed by atoms with Crippen LogP contribution in [0, 0.1) is 6.92 Å². The van der Waals surface area contributed by atoms with E-state index in [2.05, 4.69) is 20.3 Å². The van der Waals surface area contributed by atoms with Crippen molar-refractivity contribution in [3.8, 4) is 5.75 Å². The number of aromatic nitrogens is 1. The molecule has 17 heavy (non-hydrogen) atoms. The summed E-state index contributed by atoms with van der Waals surface area (Å²) in [4.78, 5) is 11.5. The molecule has 0 radical (unpaired) electrons. The van der Waals surface area contributed by atoms with Crippen LogP contribution < -0.4 is 10.6 Å². The van der Waals surface area contributed by atoms with E-state index in [1.54, 1.807) is 19.1 Å². The van der Waals surface area contributed by atoms with Gasteiger partial charge in [0.2, 0.25) is 0 Å². The monoisotopic (exact) mass is 233 g/mol. The average molecular weight is 233 g/mol. The molecule has 0 spiro atoms. The molecule has 1 aromatic heterocycles. The third-order valence-electron chi connectivity index (χ3n) is 2.13. The van der Waals surface area contributed by atoms with E-state index in [4.69, 9.17) is 0 Å². The lowest BCUT2D eigenvalue weighted by atomic mass is 10.2. The zero-order chi connectivity index (χ0) is 12.3. The Morgan fingerprint density at radius 2 is 2.18 bits per heavy atom. The number of benzene rings is 1. The van der Waals surface area contributed by atoms with E-state index in [-0.39, 0.29) is 5.75 Å². The van der Waals surface area contributed by atoms with Crippen LogP contribution in [0.4, 0.5) is 16.3 Å². The number of phenolic OH excluding ortho intramolecular Hbond substituents is 1. The van der Waals surface area contributed by atoms with Gasteiger partial charge in [-0.1, -0.05) is 5.16 Å². The third-order valence-corrected chi connectivity index (χ3v) is 2.13. The number of urea groups is 1. The van der Waals surface area contributed by atoms with Crippen LogP contribution in [0.15, 0.2) is 35.1 Å². The fraction of sp³-hybridized carbons (Fsp3) is 0.0909. The second kappa shape index (κ2) is 4.56. The second-order valence-corrected chi connectivity index (χ2v) is 3.47. The molecule has 0 saturated heterocycles. The topological polar surface area (TPSA) is 87.4 Å². The van der Waals surface area contributed by atoms with Gasteiger partial charge in [0.15, 0.2) is 5.82 Å². The molecule has 0 bridgehead atoms. The summed E-state index contributed by atoms with van der Waals surface area (Å²) >= 11 is 0. The van der Waals surface area contributed by atoms with Gasteiger partial charge in [-0.15, -0.1) is 0 Å². The molecule has 2 rings (SSSR count). The first-order valence-electron chi connectivity index (χ1n) is 4.93. The van der Waals surface area contributed by atoms with Crippen LogP contribution in [-0.2, 0) is 0 Å². The minimum atomic E-state index is -0.427. The van der Waals surface area contributed by atoms with Gasteiger partial charge in [0.05, 0.1) is 0 Å². The lowest BCUT2D eigenvalue weighted by Crippen LogP contribution is -2.19. The molecule has 0 saturated carbocycles. The summed E-state index contributed by atoms with van der Waals surface area (Å²) in [5, 5.41) is 18.0. The Hall–Kier alpha value is -2.50. The third kappa shape index (κ3) is 2.75. The van der Waals surface area contributed by atoms with Gasteiger partial charge in [0.1, 0.15) is 12.0 Å². The lowest BCUT2D eigenvalue weighted by Gasteiger charge is -2.06. The van der Waals surface area contributed by atoms with E-state index in [1.165, 1.54) is 18.4 Å². The van der Waals surface area contributed by atoms with Gasteiger partial charge in [0, 0.05) is 11.8 Å². The van der Waals surface area contributed by atoms with Gasteiger partial charge in [-0.25, -0.2) is 4.79 Å². The number of aromatic hydroxyl groups is 1. The molecule has 6 heteroatoms. The van der Waals surface area contributed by atoms with Gasteiger partial charge >= 0.3 is 6.03 Å². The van der Waals surface area contributed by atoms with E-state index >= 15 is 0 Å². The van der Waals surface area contributed by atoms with Crippen molar-refractivity contribution in [3.63, 3.8) is 0 Å². The van der Waals surface area contributed by atoms with E-state index in [0.29, 0.717) is 17.1 Å². The first-order chi connectivity index (χ1) is 8.15. The number of anilines is 2. The first-order valence-corrected chi connectivity index (χ1v) is 4.93. The predicted octanol–water partition coefficient (Wildman–Crippen LogP) is 2.33. The Bertz CT molecular complexity index is 523. The summed E-state index contributed by atoms with van der Waals surface area (Å²) < 4.78 is 4.57. The molecule has 0 unspecified atom stereocenters. The molecular formula is C11H11N3O3. The number of carbonyl (C=O) groups excluding carboxylic acids is 1. The largest absolute Gasteiger partial charge is 0.508 e. The highest BCUT2D eigenvalue weighted by Crippen LogP contribution is 2.20. The van der Waals surface area contributed by atoms with Crippen molar-refractivity contribution >= 4 is 17.5 Å². The van der Waals surface area contributed by atoms with Crippen LogP contribution in [0.5, 0.6) is 5.75 Å². The molecule has 0 aliphatic heterocycles. The zero-order valence-corrected chi connectivity index (χ0v) is 9.10. The van der Waals surface area contributed by atoms with Crippen LogP contribution in [0.2, 0.25) is 0 Å². The van der Waals surface area contributed by atoms with Crippen LogP contribution >= 0.6 is 0 Å². The lowest BCUT2D eigenvalue weighted by molar-refractivity contribution is 0.262. The molecular weight excluding hydrogens is 222 g/mol. The van der Waals surface area contributed by atoms with E-state index < -0.39 is 6.03 Å². The molecule has 1 aromatic carbocycles. The molecule has 2 amide bonds. The van der Waals surface area contributed by atoms with Crippen LogP contribution in [0.3, 0.4) is 0 Å². The maximum absolute atomic E-state index is 11.5. The van der Waals surface area contributed by atoms with Crippen molar-refractivity contribution in [3.05, 3.63) is 36.1 Å². The summed E-state index contributed by atoms with van der Waals surface area (Å²) in [6, 6.07) is 5.88. The smallest absolute Gasteiger partial charge is 0.324 e. The van der Waals surface area contributed by atoms with Crippen molar-refractivity contribution in [2.24, 2.45) is 0 Å². The number of phenols is 1. The number of carbonyl (C=O) groups is 1. The number of rotatable bonds is 2. The number of amides is 2. The maximum Gasteiger partial charge on any atom is 0.324 e. The van der Waals surface area contributed by atoms with E-state index in [1.807, 2.05) is 0 Å². The predicted molar refractivity (Wildman–Crippen MR) is 62.0 cm³/mol. The highest BCUT2D eigenvalue weighted by Gasteiger charge is 2.05. The van der Waals surface area contributed by atoms with E-state index in [9.17, 15) is 9.90 Å². The molecule has 1 heterocycles. The number of hydrogen-bond acceptors (Lipinski definition) is 4. The quantitative estimate of drug-likeness (QED) is 0.694. The Kier molecular flexibility index (Phi) is 2.95. The molecule has 0 atom stereocenters. The standard InChI is InChI=1S/C11H11N3O3/c1-7-6-8(2-3-9(7)15)12-11(16)13-10-4-5-17-14-10/h2-6,15H,1H3,(H2,12,13,14,16). The number of aryl methyl sites for hydroxylation is 1. The molecule has 0 fully saturated rings. The van der Waals surface area contributed by atoms with Crippen LogP contribution in [-0.4, -0.2) is 16.3 Å². The van der Waals surface area contributed by atoms with Crippen molar-refractivity contribution in [1.29, 1.82) is 0 Å². The first kappa shape index (κ1) is 11.0. The van der Waals surface area contributed by atoms with Crippen molar-refractivity contribution in [2.45, 2.75) is 6.92 Å².